The van der Waals surface area contributed by atoms with Gasteiger partial charge in [-0.15, -0.1) is 0 Å². The summed E-state index contributed by atoms with van der Waals surface area (Å²) in [4.78, 5) is 0. The van der Waals surface area contributed by atoms with Gasteiger partial charge in [-0.25, -0.2) is 0 Å². The van der Waals surface area contributed by atoms with Crippen molar-refractivity contribution in [2.75, 3.05) is 6.54 Å². The third kappa shape index (κ3) is 3.16. The average molecular weight is 310 g/mol. The molecule has 1 N–H and O–H groups in total. The largest absolute Gasteiger partial charge is 0.310 e. The van der Waals surface area contributed by atoms with E-state index in [9.17, 15) is 0 Å². The van der Waals surface area contributed by atoms with Crippen LogP contribution in [0.1, 0.15) is 57.6 Å². The second-order valence-corrected chi connectivity index (χ2v) is 6.54. The third-order valence-electron chi connectivity index (χ3n) is 4.57. The van der Waals surface area contributed by atoms with Gasteiger partial charge < -0.3 is 5.32 Å². The Labute approximate surface area is 119 Å². The van der Waals surface area contributed by atoms with Gasteiger partial charge in [-0.3, -0.25) is 0 Å². The molecule has 0 spiro atoms. The summed E-state index contributed by atoms with van der Waals surface area (Å²) in [5.74, 6) is 0. The summed E-state index contributed by atoms with van der Waals surface area (Å²) in [6.45, 7) is 5.76. The van der Waals surface area contributed by atoms with Gasteiger partial charge >= 0.3 is 0 Å². The lowest BCUT2D eigenvalue weighted by molar-refractivity contribution is 0.258. The molecule has 1 nitrogen and oxygen atoms in total. The molecule has 1 saturated carbocycles. The molecule has 1 fully saturated rings. The Morgan fingerprint density at radius 3 is 2.56 bits per heavy atom. The maximum atomic E-state index is 3.74. The first-order valence-electron chi connectivity index (χ1n) is 7.15. The van der Waals surface area contributed by atoms with Crippen LogP contribution in [-0.2, 0) is 0 Å². The minimum Gasteiger partial charge on any atom is -0.310 e. The summed E-state index contributed by atoms with van der Waals surface area (Å²) < 4.78 is 1.21. The van der Waals surface area contributed by atoms with Crippen molar-refractivity contribution in [3.05, 3.63) is 34.3 Å². The predicted octanol–water partition coefficient (Wildman–Crippen LogP) is 5.07. The maximum Gasteiger partial charge on any atom is 0.0303 e. The Morgan fingerprint density at radius 2 is 1.94 bits per heavy atom. The second-order valence-electron chi connectivity index (χ2n) is 5.68. The van der Waals surface area contributed by atoms with Crippen molar-refractivity contribution in [1.82, 2.24) is 5.32 Å². The van der Waals surface area contributed by atoms with Gasteiger partial charge in [0, 0.05) is 17.1 Å². The van der Waals surface area contributed by atoms with Gasteiger partial charge in [0.15, 0.2) is 0 Å². The van der Waals surface area contributed by atoms with E-state index in [1.165, 1.54) is 42.1 Å². The van der Waals surface area contributed by atoms with Gasteiger partial charge in [-0.1, -0.05) is 53.9 Å². The Kier molecular flexibility index (Phi) is 4.85. The monoisotopic (exact) mass is 309 g/mol. The first-order valence-corrected chi connectivity index (χ1v) is 7.94. The molecular weight excluding hydrogens is 286 g/mol. The van der Waals surface area contributed by atoms with Crippen LogP contribution >= 0.6 is 15.9 Å². The molecule has 0 heterocycles. The van der Waals surface area contributed by atoms with Gasteiger partial charge in [0.05, 0.1) is 0 Å². The number of hydrogen-bond acceptors (Lipinski definition) is 1. The smallest absolute Gasteiger partial charge is 0.0303 e. The van der Waals surface area contributed by atoms with E-state index >= 15 is 0 Å². The number of benzene rings is 1. The number of rotatable bonds is 5. The zero-order valence-electron chi connectivity index (χ0n) is 11.5. The first-order chi connectivity index (χ1) is 8.67. The van der Waals surface area contributed by atoms with Crippen molar-refractivity contribution in [2.24, 2.45) is 5.41 Å². The molecule has 2 heteroatoms. The van der Waals surface area contributed by atoms with Crippen molar-refractivity contribution in [3.63, 3.8) is 0 Å². The Morgan fingerprint density at radius 1 is 1.28 bits per heavy atom. The van der Waals surface area contributed by atoms with E-state index in [1.807, 2.05) is 0 Å². The SMILES string of the molecule is CCC1(CNC(C)c2ccccc2Br)CCCC1. The Bertz CT molecular complexity index is 382. The standard InChI is InChI=1S/C16H24BrN/c1-3-16(10-6-7-11-16)12-18-13(2)14-8-4-5-9-15(14)17/h4-5,8-9,13,18H,3,6-7,10-12H2,1-2H3. The summed E-state index contributed by atoms with van der Waals surface area (Å²) in [5, 5.41) is 3.74. The van der Waals surface area contributed by atoms with Gasteiger partial charge in [0.25, 0.3) is 0 Å². The first kappa shape index (κ1) is 14.1. The summed E-state index contributed by atoms with van der Waals surface area (Å²) in [7, 11) is 0. The van der Waals surface area contributed by atoms with Crippen LogP contribution in [0, 0.1) is 5.41 Å². The predicted molar refractivity (Wildman–Crippen MR) is 81.8 cm³/mol. The zero-order chi connectivity index (χ0) is 13.0. The number of halogens is 1. The van der Waals surface area contributed by atoms with E-state index in [-0.39, 0.29) is 0 Å². The molecule has 1 aliphatic rings. The summed E-state index contributed by atoms with van der Waals surface area (Å²) in [6.07, 6.45) is 6.94. The molecule has 100 valence electrons. The fourth-order valence-corrected chi connectivity index (χ4v) is 3.71. The lowest BCUT2D eigenvalue weighted by Gasteiger charge is -2.30. The highest BCUT2D eigenvalue weighted by Crippen LogP contribution is 2.40. The van der Waals surface area contributed by atoms with E-state index in [4.69, 9.17) is 0 Å². The average Bonchev–Trinajstić information content (AvgIpc) is 2.86. The van der Waals surface area contributed by atoms with Crippen molar-refractivity contribution in [1.29, 1.82) is 0 Å². The molecule has 2 rings (SSSR count). The molecule has 0 saturated heterocycles. The lowest BCUT2D eigenvalue weighted by Crippen LogP contribution is -2.33. The van der Waals surface area contributed by atoms with E-state index in [0.29, 0.717) is 11.5 Å². The molecule has 1 aromatic carbocycles. The Hall–Kier alpha value is -0.340. The minimum absolute atomic E-state index is 0.421. The fourth-order valence-electron chi connectivity index (χ4n) is 3.09. The maximum absolute atomic E-state index is 3.74. The quantitative estimate of drug-likeness (QED) is 0.800. The second kappa shape index (κ2) is 6.21. The van der Waals surface area contributed by atoms with Gasteiger partial charge in [0.2, 0.25) is 0 Å². The van der Waals surface area contributed by atoms with Crippen molar-refractivity contribution >= 4 is 15.9 Å². The molecule has 0 radical (unpaired) electrons. The van der Waals surface area contributed by atoms with Crippen LogP contribution < -0.4 is 5.32 Å². The van der Waals surface area contributed by atoms with Crippen LogP contribution in [0.4, 0.5) is 0 Å². The highest BCUT2D eigenvalue weighted by molar-refractivity contribution is 9.10. The molecule has 1 atom stereocenters. The van der Waals surface area contributed by atoms with Crippen molar-refractivity contribution in [2.45, 2.75) is 52.0 Å². The lowest BCUT2D eigenvalue weighted by atomic mass is 9.83. The number of hydrogen-bond donors (Lipinski definition) is 1. The molecule has 0 aliphatic heterocycles. The summed E-state index contributed by atoms with van der Waals surface area (Å²) in [5.41, 5.74) is 1.93. The van der Waals surface area contributed by atoms with Crippen LogP contribution in [0.3, 0.4) is 0 Å². The molecule has 1 aliphatic carbocycles. The summed E-state index contributed by atoms with van der Waals surface area (Å²) >= 11 is 3.64. The molecule has 18 heavy (non-hydrogen) atoms. The molecule has 0 bridgehead atoms. The van der Waals surface area contributed by atoms with Crippen molar-refractivity contribution < 1.29 is 0 Å². The van der Waals surface area contributed by atoms with E-state index in [0.717, 1.165) is 6.54 Å². The zero-order valence-corrected chi connectivity index (χ0v) is 13.1. The van der Waals surface area contributed by atoms with Crippen LogP contribution in [0.5, 0.6) is 0 Å². The van der Waals surface area contributed by atoms with Crippen molar-refractivity contribution in [3.8, 4) is 0 Å². The molecule has 1 aromatic rings. The van der Waals surface area contributed by atoms with Crippen LogP contribution in [0.15, 0.2) is 28.7 Å². The Balaban J connectivity index is 1.96. The van der Waals surface area contributed by atoms with Crippen LogP contribution in [0.2, 0.25) is 0 Å². The van der Waals surface area contributed by atoms with E-state index in [2.05, 4.69) is 59.4 Å². The molecule has 0 amide bonds. The fraction of sp³-hybridized carbons (Fsp3) is 0.625. The van der Waals surface area contributed by atoms with E-state index < -0.39 is 0 Å². The number of nitrogens with one attached hydrogen (secondary N) is 1. The highest BCUT2D eigenvalue weighted by atomic mass is 79.9. The van der Waals surface area contributed by atoms with Gasteiger partial charge in [-0.2, -0.15) is 0 Å². The minimum atomic E-state index is 0.421. The van der Waals surface area contributed by atoms with Gasteiger partial charge in [-0.05, 0) is 43.2 Å². The molecule has 1 unspecified atom stereocenters. The third-order valence-corrected chi connectivity index (χ3v) is 5.29. The summed E-state index contributed by atoms with van der Waals surface area (Å²) in [6, 6.07) is 8.94. The van der Waals surface area contributed by atoms with Crippen LogP contribution in [0.25, 0.3) is 0 Å². The van der Waals surface area contributed by atoms with Crippen LogP contribution in [-0.4, -0.2) is 6.54 Å². The normalized spacial score (nSPS) is 19.9. The molecular formula is C16H24BrN. The topological polar surface area (TPSA) is 12.0 Å². The molecule has 0 aromatic heterocycles. The highest BCUT2D eigenvalue weighted by Gasteiger charge is 2.31. The van der Waals surface area contributed by atoms with E-state index in [1.54, 1.807) is 0 Å². The van der Waals surface area contributed by atoms with Gasteiger partial charge in [0.1, 0.15) is 0 Å².